The monoisotopic (exact) mass is 567 g/mol. The fourth-order valence-electron chi connectivity index (χ4n) is 5.38. The highest BCUT2D eigenvalue weighted by Crippen LogP contribution is 2.39. The summed E-state index contributed by atoms with van der Waals surface area (Å²) in [6, 6.07) is 7.30. The van der Waals surface area contributed by atoms with Gasteiger partial charge in [0.2, 0.25) is 5.91 Å². The Bertz CT molecular complexity index is 1380. The number of carbonyl (C=O) groups excluding carboxylic acids is 1. The van der Waals surface area contributed by atoms with Crippen molar-refractivity contribution in [1.82, 2.24) is 29.9 Å². The normalized spacial score (nSPS) is 18.3. The van der Waals surface area contributed by atoms with E-state index in [2.05, 4.69) is 64.5 Å². The Balaban J connectivity index is 1.35. The lowest BCUT2D eigenvalue weighted by atomic mass is 9.99. The molecule has 1 fully saturated rings. The first-order valence-corrected chi connectivity index (χ1v) is 14.8. The number of hydrogen-bond donors (Lipinski definition) is 1. The molecular weight excluding hydrogens is 530 g/mol. The van der Waals surface area contributed by atoms with Gasteiger partial charge in [-0.05, 0) is 59.2 Å². The Labute approximate surface area is 240 Å². The number of aliphatic imine (C=N–C) groups is 1. The van der Waals surface area contributed by atoms with E-state index in [1.165, 1.54) is 10.4 Å². The van der Waals surface area contributed by atoms with Gasteiger partial charge in [-0.1, -0.05) is 23.7 Å². The van der Waals surface area contributed by atoms with Crippen LogP contribution in [-0.4, -0.2) is 81.0 Å². The summed E-state index contributed by atoms with van der Waals surface area (Å²) in [5.41, 5.74) is 4.28. The average molecular weight is 568 g/mol. The SMILES string of the molecule is Cc1sc2c(c1C)C(c1ccc(Cl)cc1)=NC(CC(=O)NCCN1CCN(C(C)(C)C)CC1)c1nnc(C)n1-2. The summed E-state index contributed by atoms with van der Waals surface area (Å²) in [7, 11) is 0. The standard InChI is InChI=1S/C29H38ClN7OS/c1-18-19(2)39-28-25(18)26(21-7-9-22(30)10-8-21)32-23(27-34-33-20(3)37(27)28)17-24(38)31-11-12-35-13-15-36(16-14-35)29(4,5)6/h7-10,23H,11-17H2,1-6H3,(H,31,38). The van der Waals surface area contributed by atoms with Crippen LogP contribution < -0.4 is 5.32 Å². The topological polar surface area (TPSA) is 78.7 Å². The Morgan fingerprint density at radius 2 is 1.77 bits per heavy atom. The maximum absolute atomic E-state index is 13.2. The highest BCUT2D eigenvalue weighted by Gasteiger charge is 2.32. The third-order valence-corrected chi connectivity index (χ3v) is 9.25. The van der Waals surface area contributed by atoms with Gasteiger partial charge in [0, 0.05) is 65.8 Å². The first-order chi connectivity index (χ1) is 18.5. The van der Waals surface area contributed by atoms with Crippen molar-refractivity contribution in [3.05, 3.63) is 62.5 Å². The minimum Gasteiger partial charge on any atom is -0.355 e. The second-order valence-electron chi connectivity index (χ2n) is 11.5. The molecule has 208 valence electrons. The lowest BCUT2D eigenvalue weighted by Gasteiger charge is -2.42. The van der Waals surface area contributed by atoms with Crippen molar-refractivity contribution in [3.63, 3.8) is 0 Å². The lowest BCUT2D eigenvalue weighted by Crippen LogP contribution is -2.54. The molecule has 3 aromatic rings. The summed E-state index contributed by atoms with van der Waals surface area (Å²) >= 11 is 7.92. The van der Waals surface area contributed by atoms with Crippen LogP contribution in [0.4, 0.5) is 0 Å². The zero-order valence-electron chi connectivity index (χ0n) is 23.7. The van der Waals surface area contributed by atoms with Gasteiger partial charge in [0.05, 0.1) is 12.1 Å². The molecule has 2 aromatic heterocycles. The fraction of sp³-hybridized carbons (Fsp3) is 0.517. The number of halogens is 1. The number of aromatic nitrogens is 3. The number of nitrogens with zero attached hydrogens (tertiary/aromatic N) is 6. The second-order valence-corrected chi connectivity index (χ2v) is 13.1. The molecule has 0 saturated carbocycles. The van der Waals surface area contributed by atoms with Gasteiger partial charge < -0.3 is 5.32 Å². The molecule has 0 bridgehead atoms. The number of piperazine rings is 1. The zero-order valence-corrected chi connectivity index (χ0v) is 25.3. The van der Waals surface area contributed by atoms with E-state index in [9.17, 15) is 4.79 Å². The van der Waals surface area contributed by atoms with Crippen LogP contribution in [0.2, 0.25) is 5.02 Å². The molecule has 1 amide bonds. The van der Waals surface area contributed by atoms with Crippen LogP contribution >= 0.6 is 22.9 Å². The molecule has 1 aromatic carbocycles. The van der Waals surface area contributed by atoms with Gasteiger partial charge in [-0.2, -0.15) is 0 Å². The number of nitrogens with one attached hydrogen (secondary N) is 1. The molecule has 8 nitrogen and oxygen atoms in total. The van der Waals surface area contributed by atoms with Crippen molar-refractivity contribution in [2.75, 3.05) is 39.3 Å². The first kappa shape index (κ1) is 28.0. The van der Waals surface area contributed by atoms with E-state index >= 15 is 0 Å². The minimum atomic E-state index is -0.452. The van der Waals surface area contributed by atoms with Crippen LogP contribution in [0.1, 0.15) is 66.5 Å². The van der Waals surface area contributed by atoms with E-state index in [4.69, 9.17) is 16.6 Å². The number of thiophene rings is 1. The molecule has 2 aliphatic rings. The minimum absolute atomic E-state index is 0.0297. The van der Waals surface area contributed by atoms with E-state index in [1.807, 2.05) is 31.2 Å². The van der Waals surface area contributed by atoms with Crippen molar-refractivity contribution in [3.8, 4) is 5.00 Å². The lowest BCUT2D eigenvalue weighted by molar-refractivity contribution is -0.121. The van der Waals surface area contributed by atoms with Crippen molar-refractivity contribution in [2.24, 2.45) is 4.99 Å². The molecule has 1 N–H and O–H groups in total. The van der Waals surface area contributed by atoms with Gasteiger partial charge >= 0.3 is 0 Å². The number of rotatable bonds is 6. The van der Waals surface area contributed by atoms with E-state index in [0.717, 1.165) is 60.4 Å². The first-order valence-electron chi connectivity index (χ1n) is 13.6. The van der Waals surface area contributed by atoms with Gasteiger partial charge in [0.25, 0.3) is 0 Å². The molecule has 1 unspecified atom stereocenters. The molecule has 0 radical (unpaired) electrons. The Hall–Kier alpha value is -2.59. The van der Waals surface area contributed by atoms with E-state index in [-0.39, 0.29) is 17.9 Å². The maximum Gasteiger partial charge on any atom is 0.222 e. The molecule has 0 spiro atoms. The Morgan fingerprint density at radius 3 is 2.44 bits per heavy atom. The number of aryl methyl sites for hydroxylation is 2. The third-order valence-electron chi connectivity index (χ3n) is 7.81. The molecule has 5 rings (SSSR count). The van der Waals surface area contributed by atoms with Gasteiger partial charge in [0.15, 0.2) is 5.82 Å². The van der Waals surface area contributed by atoms with Crippen molar-refractivity contribution >= 4 is 34.6 Å². The molecule has 1 atom stereocenters. The van der Waals surface area contributed by atoms with E-state index in [0.29, 0.717) is 17.4 Å². The summed E-state index contributed by atoms with van der Waals surface area (Å²) in [5, 5.41) is 13.8. The molecule has 1 saturated heterocycles. The Morgan fingerprint density at radius 1 is 1.08 bits per heavy atom. The predicted molar refractivity (Wildman–Crippen MR) is 159 cm³/mol. The fourth-order valence-corrected chi connectivity index (χ4v) is 6.72. The van der Waals surface area contributed by atoms with Crippen LogP contribution in [0.15, 0.2) is 29.3 Å². The summed E-state index contributed by atoms with van der Waals surface area (Å²) in [6.07, 6.45) is 0.208. The van der Waals surface area contributed by atoms with Crippen LogP contribution in [-0.2, 0) is 4.79 Å². The number of carbonyl (C=O) groups is 1. The van der Waals surface area contributed by atoms with Crippen LogP contribution in [0.25, 0.3) is 5.00 Å². The van der Waals surface area contributed by atoms with E-state index < -0.39 is 6.04 Å². The predicted octanol–water partition coefficient (Wildman–Crippen LogP) is 4.72. The van der Waals surface area contributed by atoms with Crippen LogP contribution in [0.3, 0.4) is 0 Å². The average Bonchev–Trinajstić information content (AvgIpc) is 3.36. The largest absolute Gasteiger partial charge is 0.355 e. The van der Waals surface area contributed by atoms with Crippen molar-refractivity contribution < 1.29 is 4.79 Å². The molecule has 10 heteroatoms. The number of benzene rings is 1. The number of hydrogen-bond acceptors (Lipinski definition) is 7. The zero-order chi connectivity index (χ0) is 27.9. The second kappa shape index (κ2) is 11.1. The summed E-state index contributed by atoms with van der Waals surface area (Å²) in [4.78, 5) is 24.6. The smallest absolute Gasteiger partial charge is 0.222 e. The maximum atomic E-state index is 13.2. The highest BCUT2D eigenvalue weighted by atomic mass is 35.5. The van der Waals surface area contributed by atoms with Gasteiger partial charge in [-0.25, -0.2) is 0 Å². The Kier molecular flexibility index (Phi) is 7.97. The van der Waals surface area contributed by atoms with Crippen LogP contribution in [0.5, 0.6) is 0 Å². The molecule has 2 aliphatic heterocycles. The van der Waals surface area contributed by atoms with E-state index in [1.54, 1.807) is 11.3 Å². The molecule has 0 aliphatic carbocycles. The summed E-state index contributed by atoms with van der Waals surface area (Å²) in [5.74, 6) is 1.46. The van der Waals surface area contributed by atoms with Crippen molar-refractivity contribution in [2.45, 2.75) is 59.5 Å². The van der Waals surface area contributed by atoms with Crippen molar-refractivity contribution in [1.29, 1.82) is 0 Å². The summed E-state index contributed by atoms with van der Waals surface area (Å²) < 4.78 is 2.08. The third kappa shape index (κ3) is 5.82. The van der Waals surface area contributed by atoms with Crippen LogP contribution in [0, 0.1) is 20.8 Å². The molecule has 39 heavy (non-hydrogen) atoms. The van der Waals surface area contributed by atoms with Gasteiger partial charge in [-0.15, -0.1) is 21.5 Å². The quantitative estimate of drug-likeness (QED) is 0.466. The van der Waals surface area contributed by atoms with Gasteiger partial charge in [-0.3, -0.25) is 24.2 Å². The number of amides is 1. The molecule has 4 heterocycles. The highest BCUT2D eigenvalue weighted by molar-refractivity contribution is 7.15. The number of fused-ring (bicyclic) bond motifs is 3. The summed E-state index contributed by atoms with van der Waals surface area (Å²) in [6.45, 7) is 18.6. The molecular formula is C29H38ClN7OS. The van der Waals surface area contributed by atoms with Gasteiger partial charge in [0.1, 0.15) is 16.9 Å².